The van der Waals surface area contributed by atoms with Crippen LogP contribution in [0, 0.1) is 5.92 Å². The lowest BCUT2D eigenvalue weighted by Crippen LogP contribution is -2.43. The molecular weight excluding hydrogens is 394 g/mol. The molecule has 0 radical (unpaired) electrons. The molecule has 0 aromatic rings. The van der Waals surface area contributed by atoms with E-state index in [2.05, 4.69) is 37.9 Å². The van der Waals surface area contributed by atoms with Gasteiger partial charge in [0.2, 0.25) is 12.3 Å². The number of nitrogens with zero attached hydrogens (tertiary/aromatic N) is 2. The van der Waals surface area contributed by atoms with Gasteiger partial charge in [-0.1, -0.05) is 54.0 Å². The highest BCUT2D eigenvalue weighted by Crippen LogP contribution is 2.13. The number of rotatable bonds is 8. The van der Waals surface area contributed by atoms with Gasteiger partial charge in [0.05, 0.1) is 12.6 Å². The molecule has 1 aliphatic heterocycles. The Morgan fingerprint density at radius 1 is 1.10 bits per heavy atom. The Labute approximate surface area is 191 Å². The van der Waals surface area contributed by atoms with E-state index >= 15 is 0 Å². The molecule has 1 rings (SSSR count). The van der Waals surface area contributed by atoms with Gasteiger partial charge in [0.1, 0.15) is 0 Å². The standard InChI is InChI=1S/C12H20N2O4.C8H17N.C3H8.CH4/c1-8(2)10(5-9(3)12(17)18)14(4)11(16)6-13-7-15;1-8(2)9-6-4-3-5-7-9;1-3-2;/h5,7-8,10H,6H2,1-4H3,(H,13,15)(H,17,18);8H,3-7H2,1-2H3;3H2,1-2H3;1H4/b9-5+;;;/t10-;;;/m1.../s1. The first kappa shape index (κ1) is 33.7. The molecule has 1 atom stereocenters. The van der Waals surface area contributed by atoms with Crippen molar-refractivity contribution >= 4 is 18.3 Å². The fourth-order valence-electron chi connectivity index (χ4n) is 2.93. The van der Waals surface area contributed by atoms with Crippen molar-refractivity contribution in [1.29, 1.82) is 0 Å². The number of carbonyl (C=O) groups excluding carboxylic acids is 2. The second-order valence-corrected chi connectivity index (χ2v) is 8.29. The van der Waals surface area contributed by atoms with Crippen LogP contribution in [0.25, 0.3) is 0 Å². The number of carbonyl (C=O) groups is 3. The number of carboxylic acids is 1. The lowest BCUT2D eigenvalue weighted by atomic mass is 10.00. The van der Waals surface area contributed by atoms with Crippen LogP contribution >= 0.6 is 0 Å². The summed E-state index contributed by atoms with van der Waals surface area (Å²) in [5.74, 6) is -1.20. The molecule has 1 fully saturated rings. The molecule has 2 N–H and O–H groups in total. The van der Waals surface area contributed by atoms with Gasteiger partial charge in [0.15, 0.2) is 0 Å². The Balaban J connectivity index is -0.000000501. The van der Waals surface area contributed by atoms with E-state index in [0.717, 1.165) is 6.04 Å². The highest BCUT2D eigenvalue weighted by molar-refractivity contribution is 5.86. The number of hydrogen-bond donors (Lipinski definition) is 2. The third-order valence-corrected chi connectivity index (χ3v) is 4.74. The Morgan fingerprint density at radius 2 is 1.58 bits per heavy atom. The summed E-state index contributed by atoms with van der Waals surface area (Å²) in [5.41, 5.74) is 0.191. The van der Waals surface area contributed by atoms with E-state index in [1.54, 1.807) is 13.1 Å². The van der Waals surface area contributed by atoms with E-state index in [1.807, 2.05) is 13.8 Å². The Morgan fingerprint density at radius 3 is 1.90 bits per heavy atom. The molecule has 1 heterocycles. The van der Waals surface area contributed by atoms with Crippen LogP contribution in [0.4, 0.5) is 0 Å². The third-order valence-electron chi connectivity index (χ3n) is 4.74. The van der Waals surface area contributed by atoms with Gasteiger partial charge in [-0.25, -0.2) is 4.79 Å². The molecule has 0 aromatic heterocycles. The summed E-state index contributed by atoms with van der Waals surface area (Å²) in [6.07, 6.45) is 7.53. The first-order valence-corrected chi connectivity index (χ1v) is 11.1. The Kier molecular flexibility index (Phi) is 21.8. The molecule has 7 heteroatoms. The van der Waals surface area contributed by atoms with Crippen LogP contribution in [-0.4, -0.2) is 72.0 Å². The van der Waals surface area contributed by atoms with Crippen LogP contribution < -0.4 is 5.32 Å². The normalized spacial score (nSPS) is 14.8. The third kappa shape index (κ3) is 16.5. The molecule has 0 saturated carbocycles. The zero-order chi connectivity index (χ0) is 23.7. The highest BCUT2D eigenvalue weighted by Gasteiger charge is 2.21. The molecule has 0 aliphatic carbocycles. The molecule has 31 heavy (non-hydrogen) atoms. The summed E-state index contributed by atoms with van der Waals surface area (Å²) in [7, 11) is 1.59. The minimum absolute atomic E-state index is 0. The van der Waals surface area contributed by atoms with Crippen molar-refractivity contribution in [3.63, 3.8) is 0 Å². The van der Waals surface area contributed by atoms with Gasteiger partial charge in [-0.05, 0) is 52.6 Å². The van der Waals surface area contributed by atoms with Gasteiger partial charge in [-0.2, -0.15) is 0 Å². The van der Waals surface area contributed by atoms with Crippen molar-refractivity contribution in [2.75, 3.05) is 26.7 Å². The van der Waals surface area contributed by atoms with Crippen molar-refractivity contribution in [2.24, 2.45) is 5.92 Å². The van der Waals surface area contributed by atoms with E-state index in [-0.39, 0.29) is 37.4 Å². The SMILES string of the molecule is C.C/C(=C\[C@H](C(C)C)N(C)C(=O)CNC=O)C(=O)O.CC(C)N1CCCCC1.CCC. The minimum Gasteiger partial charge on any atom is -0.478 e. The second-order valence-electron chi connectivity index (χ2n) is 8.29. The van der Waals surface area contributed by atoms with Gasteiger partial charge < -0.3 is 20.2 Å². The van der Waals surface area contributed by atoms with Gasteiger partial charge >= 0.3 is 5.97 Å². The average Bonchev–Trinajstić information content (AvgIpc) is 2.70. The summed E-state index contributed by atoms with van der Waals surface area (Å²) < 4.78 is 0. The molecular formula is C24H49N3O4. The lowest BCUT2D eigenvalue weighted by molar-refractivity contribution is -0.133. The molecule has 7 nitrogen and oxygen atoms in total. The van der Waals surface area contributed by atoms with Crippen LogP contribution in [0.3, 0.4) is 0 Å². The van der Waals surface area contributed by atoms with E-state index in [4.69, 9.17) is 5.11 Å². The van der Waals surface area contributed by atoms with Crippen LogP contribution in [-0.2, 0) is 14.4 Å². The second kappa shape index (κ2) is 20.0. The predicted molar refractivity (Wildman–Crippen MR) is 130 cm³/mol. The van der Waals surface area contributed by atoms with Gasteiger partial charge in [-0.15, -0.1) is 0 Å². The highest BCUT2D eigenvalue weighted by atomic mass is 16.4. The first-order chi connectivity index (χ1) is 14.0. The van der Waals surface area contributed by atoms with Crippen molar-refractivity contribution < 1.29 is 19.5 Å². The van der Waals surface area contributed by atoms with Gasteiger partial charge in [0, 0.05) is 18.7 Å². The number of piperidine rings is 1. The van der Waals surface area contributed by atoms with E-state index in [9.17, 15) is 14.4 Å². The Bertz CT molecular complexity index is 513. The van der Waals surface area contributed by atoms with Crippen molar-refractivity contribution in [3.8, 4) is 0 Å². The number of likely N-dealkylation sites (N-methyl/N-ethyl adjacent to an activating group) is 1. The van der Waals surface area contributed by atoms with Crippen LogP contribution in [0.15, 0.2) is 11.6 Å². The van der Waals surface area contributed by atoms with Gasteiger partial charge in [0.25, 0.3) is 0 Å². The zero-order valence-electron chi connectivity index (χ0n) is 20.4. The van der Waals surface area contributed by atoms with E-state index in [0.29, 0.717) is 6.41 Å². The summed E-state index contributed by atoms with van der Waals surface area (Å²) >= 11 is 0. The molecule has 0 spiro atoms. The maximum absolute atomic E-state index is 11.7. The van der Waals surface area contributed by atoms with Crippen LogP contribution in [0.5, 0.6) is 0 Å². The monoisotopic (exact) mass is 443 g/mol. The quantitative estimate of drug-likeness (QED) is 0.434. The number of aliphatic carboxylic acids is 1. The molecule has 0 bridgehead atoms. The fraction of sp³-hybridized carbons (Fsp3) is 0.792. The zero-order valence-corrected chi connectivity index (χ0v) is 20.4. The molecule has 2 amide bonds. The van der Waals surface area contributed by atoms with Crippen LogP contribution in [0.2, 0.25) is 0 Å². The smallest absolute Gasteiger partial charge is 0.331 e. The number of amides is 2. The van der Waals surface area contributed by atoms with E-state index in [1.165, 1.54) is 50.6 Å². The van der Waals surface area contributed by atoms with Crippen molar-refractivity contribution in [1.82, 2.24) is 15.1 Å². The number of hydrogen-bond acceptors (Lipinski definition) is 4. The summed E-state index contributed by atoms with van der Waals surface area (Å²) in [5, 5.41) is 11.1. The molecule has 0 unspecified atom stereocenters. The predicted octanol–water partition coefficient (Wildman–Crippen LogP) is 4.18. The fourth-order valence-corrected chi connectivity index (χ4v) is 2.93. The topological polar surface area (TPSA) is 90.0 Å². The number of carboxylic acid groups (broad SMARTS) is 1. The first-order valence-electron chi connectivity index (χ1n) is 11.1. The maximum atomic E-state index is 11.7. The summed E-state index contributed by atoms with van der Waals surface area (Å²) in [6, 6.07) is 0.451. The maximum Gasteiger partial charge on any atom is 0.331 e. The van der Waals surface area contributed by atoms with E-state index < -0.39 is 5.97 Å². The number of nitrogens with one attached hydrogen (secondary N) is 1. The molecule has 1 saturated heterocycles. The Hall–Kier alpha value is -1.89. The number of likely N-dealkylation sites (tertiary alicyclic amines) is 1. The average molecular weight is 444 g/mol. The largest absolute Gasteiger partial charge is 0.478 e. The molecule has 184 valence electrons. The van der Waals surface area contributed by atoms with Crippen molar-refractivity contribution in [3.05, 3.63) is 11.6 Å². The summed E-state index contributed by atoms with van der Waals surface area (Å²) in [4.78, 5) is 36.6. The summed E-state index contributed by atoms with van der Waals surface area (Å²) in [6.45, 7) is 16.7. The van der Waals surface area contributed by atoms with Crippen molar-refractivity contribution in [2.45, 2.75) is 93.7 Å². The minimum atomic E-state index is -1.01. The lowest BCUT2D eigenvalue weighted by Gasteiger charge is -2.29. The van der Waals surface area contributed by atoms with Gasteiger partial charge in [-0.3, -0.25) is 9.59 Å². The molecule has 0 aromatic carbocycles. The van der Waals surface area contributed by atoms with Crippen LogP contribution in [0.1, 0.15) is 81.6 Å². The molecule has 1 aliphatic rings.